The molecule has 516 valence electrons. The summed E-state index contributed by atoms with van der Waals surface area (Å²) in [6.07, 6.45) is 41.6. The fourth-order valence-electron chi connectivity index (χ4n) is 10.2. The average Bonchev–Trinajstić information content (AvgIpc) is 3.70. The molecule has 0 aromatic heterocycles. The summed E-state index contributed by atoms with van der Waals surface area (Å²) in [5.41, 5.74) is 0. The van der Waals surface area contributed by atoms with Crippen LogP contribution in [-0.4, -0.2) is 96.7 Å². The molecule has 0 aliphatic carbocycles. The molecule has 0 saturated heterocycles. The van der Waals surface area contributed by atoms with Crippen LogP contribution in [0, 0.1) is 17.8 Å². The SMILES string of the molecule is CCCCCCCCCCCCCC(=O)OC[C@H](COP(=O)(O)OC[C@H](O)COP(=O)(O)OC[C@@H](COC(=O)CCCCCCCCCCCC(C)C)OC(=O)CCCCCCCCCCCC(C)C)OC(=O)CCCCCCCCCCC(C)CC. The van der Waals surface area contributed by atoms with E-state index in [9.17, 15) is 43.2 Å². The first-order chi connectivity index (χ1) is 41.8. The first-order valence-electron chi connectivity index (χ1n) is 35.4. The average molecular weight is 1280 g/mol. The van der Waals surface area contributed by atoms with E-state index in [4.69, 9.17) is 37.0 Å². The summed E-state index contributed by atoms with van der Waals surface area (Å²) in [5, 5.41) is 10.6. The summed E-state index contributed by atoms with van der Waals surface area (Å²) >= 11 is 0. The lowest BCUT2D eigenvalue weighted by molar-refractivity contribution is -0.161. The van der Waals surface area contributed by atoms with Gasteiger partial charge >= 0.3 is 39.5 Å². The Labute approximate surface area is 530 Å². The summed E-state index contributed by atoms with van der Waals surface area (Å²) in [5.74, 6) is 0.119. The Bertz CT molecular complexity index is 1720. The van der Waals surface area contributed by atoms with E-state index in [-0.39, 0.29) is 25.7 Å². The summed E-state index contributed by atoms with van der Waals surface area (Å²) in [4.78, 5) is 72.4. The minimum Gasteiger partial charge on any atom is -0.462 e. The van der Waals surface area contributed by atoms with E-state index in [2.05, 4.69) is 48.5 Å². The molecule has 87 heavy (non-hydrogen) atoms. The molecule has 0 aliphatic heterocycles. The smallest absolute Gasteiger partial charge is 0.462 e. The Balaban J connectivity index is 5.27. The highest BCUT2D eigenvalue weighted by Crippen LogP contribution is 2.45. The van der Waals surface area contributed by atoms with Gasteiger partial charge in [-0.15, -0.1) is 0 Å². The maximum Gasteiger partial charge on any atom is 0.472 e. The molecule has 0 aromatic rings. The van der Waals surface area contributed by atoms with Crippen molar-refractivity contribution in [3.05, 3.63) is 0 Å². The van der Waals surface area contributed by atoms with Crippen LogP contribution in [0.2, 0.25) is 0 Å². The normalized spacial score (nSPS) is 14.6. The number of hydrogen-bond acceptors (Lipinski definition) is 15. The van der Waals surface area contributed by atoms with Crippen molar-refractivity contribution in [3.63, 3.8) is 0 Å². The van der Waals surface area contributed by atoms with Gasteiger partial charge in [0.15, 0.2) is 12.2 Å². The van der Waals surface area contributed by atoms with E-state index in [1.54, 1.807) is 0 Å². The number of aliphatic hydroxyl groups is 1. The largest absolute Gasteiger partial charge is 0.472 e. The molecule has 0 aliphatic rings. The molecule has 0 fully saturated rings. The molecular weight excluding hydrogens is 1150 g/mol. The molecule has 0 amide bonds. The Morgan fingerprint density at radius 1 is 0.333 bits per heavy atom. The third-order valence-corrected chi connectivity index (χ3v) is 17.9. The van der Waals surface area contributed by atoms with E-state index in [1.807, 2.05) is 0 Å². The lowest BCUT2D eigenvalue weighted by atomic mass is 9.99. The van der Waals surface area contributed by atoms with Crippen LogP contribution in [0.15, 0.2) is 0 Å². The molecule has 19 heteroatoms. The van der Waals surface area contributed by atoms with Crippen molar-refractivity contribution in [2.45, 2.75) is 356 Å². The third kappa shape index (κ3) is 61.3. The van der Waals surface area contributed by atoms with Gasteiger partial charge in [-0.2, -0.15) is 0 Å². The lowest BCUT2D eigenvalue weighted by Gasteiger charge is -2.21. The number of carbonyl (C=O) groups is 4. The molecular formula is C68H132O17P2. The Morgan fingerprint density at radius 2 is 0.586 bits per heavy atom. The van der Waals surface area contributed by atoms with E-state index in [1.165, 1.54) is 148 Å². The van der Waals surface area contributed by atoms with Crippen molar-refractivity contribution in [1.82, 2.24) is 0 Å². The van der Waals surface area contributed by atoms with E-state index < -0.39 is 97.5 Å². The molecule has 0 saturated carbocycles. The topological polar surface area (TPSA) is 237 Å². The van der Waals surface area contributed by atoms with Gasteiger partial charge < -0.3 is 33.8 Å². The minimum atomic E-state index is -4.95. The van der Waals surface area contributed by atoms with Crippen molar-refractivity contribution < 1.29 is 80.2 Å². The summed E-state index contributed by atoms with van der Waals surface area (Å²) in [6, 6.07) is 0. The zero-order valence-electron chi connectivity index (χ0n) is 56.5. The van der Waals surface area contributed by atoms with Gasteiger partial charge in [-0.25, -0.2) is 9.13 Å². The second-order valence-corrected chi connectivity index (χ2v) is 28.7. The summed E-state index contributed by atoms with van der Waals surface area (Å²) < 4.78 is 68.2. The Hall–Kier alpha value is -1.94. The number of rotatable bonds is 66. The number of hydrogen-bond donors (Lipinski definition) is 3. The number of phosphoric ester groups is 2. The maximum atomic E-state index is 13.0. The highest BCUT2D eigenvalue weighted by atomic mass is 31.2. The fourth-order valence-corrected chi connectivity index (χ4v) is 11.7. The van der Waals surface area contributed by atoms with Gasteiger partial charge in [-0.3, -0.25) is 37.3 Å². The summed E-state index contributed by atoms with van der Waals surface area (Å²) in [6.45, 7) is 11.8. The number of phosphoric acid groups is 2. The van der Waals surface area contributed by atoms with Crippen molar-refractivity contribution in [1.29, 1.82) is 0 Å². The molecule has 0 spiro atoms. The van der Waals surface area contributed by atoms with Gasteiger partial charge in [0.2, 0.25) is 0 Å². The molecule has 3 N–H and O–H groups in total. The second kappa shape index (κ2) is 59.1. The molecule has 0 radical (unpaired) electrons. The zero-order valence-corrected chi connectivity index (χ0v) is 58.3. The third-order valence-electron chi connectivity index (χ3n) is 16.0. The first kappa shape index (κ1) is 85.1. The maximum absolute atomic E-state index is 13.0. The zero-order chi connectivity index (χ0) is 64.5. The van der Waals surface area contributed by atoms with Gasteiger partial charge in [-0.1, -0.05) is 286 Å². The standard InChI is InChI=1S/C68H132O17P2/c1-8-10-11-12-13-14-15-20-28-35-42-49-65(70)78-56-64(85-68(73)52-45-38-31-24-23-27-34-41-48-61(7)9-2)58-83-87(76,77)81-54-62(69)53-80-86(74,75)82-57-63(84-67(72)51-44-37-30-22-17-19-26-33-40-47-60(5)6)55-79-66(71)50-43-36-29-21-16-18-25-32-39-46-59(3)4/h59-64,69H,8-58H2,1-7H3,(H,74,75)(H,76,77)/t61?,62-,63-,64-/m1/s1. The second-order valence-electron chi connectivity index (χ2n) is 25.8. The van der Waals surface area contributed by atoms with Crippen LogP contribution in [0.5, 0.6) is 0 Å². The van der Waals surface area contributed by atoms with Gasteiger partial charge in [-0.05, 0) is 43.4 Å². The van der Waals surface area contributed by atoms with Gasteiger partial charge in [0.25, 0.3) is 0 Å². The monoisotopic (exact) mass is 1280 g/mol. The molecule has 17 nitrogen and oxygen atoms in total. The predicted octanol–water partition coefficient (Wildman–Crippen LogP) is 19.1. The van der Waals surface area contributed by atoms with E-state index in [0.717, 1.165) is 108 Å². The van der Waals surface area contributed by atoms with E-state index in [0.29, 0.717) is 25.7 Å². The van der Waals surface area contributed by atoms with Gasteiger partial charge in [0, 0.05) is 25.7 Å². The minimum absolute atomic E-state index is 0.105. The number of esters is 4. The van der Waals surface area contributed by atoms with Crippen molar-refractivity contribution in [2.24, 2.45) is 17.8 Å². The lowest BCUT2D eigenvalue weighted by Crippen LogP contribution is -2.30. The molecule has 0 aromatic carbocycles. The van der Waals surface area contributed by atoms with Crippen molar-refractivity contribution in [2.75, 3.05) is 39.6 Å². The van der Waals surface area contributed by atoms with Crippen molar-refractivity contribution >= 4 is 39.5 Å². The van der Waals surface area contributed by atoms with Crippen LogP contribution < -0.4 is 0 Å². The highest BCUT2D eigenvalue weighted by molar-refractivity contribution is 7.47. The fraction of sp³-hybridized carbons (Fsp3) is 0.941. The molecule has 3 unspecified atom stereocenters. The van der Waals surface area contributed by atoms with E-state index >= 15 is 0 Å². The van der Waals surface area contributed by atoms with Crippen LogP contribution in [0.3, 0.4) is 0 Å². The molecule has 0 bridgehead atoms. The Morgan fingerprint density at radius 3 is 0.874 bits per heavy atom. The predicted molar refractivity (Wildman–Crippen MR) is 349 cm³/mol. The van der Waals surface area contributed by atoms with Crippen LogP contribution in [-0.2, 0) is 65.4 Å². The molecule has 0 heterocycles. The molecule has 0 rings (SSSR count). The van der Waals surface area contributed by atoms with Crippen molar-refractivity contribution in [3.8, 4) is 0 Å². The quantitative estimate of drug-likeness (QED) is 0.0222. The molecule has 6 atom stereocenters. The Kier molecular flexibility index (Phi) is 57.8. The number of ether oxygens (including phenoxy) is 4. The van der Waals surface area contributed by atoms with Crippen LogP contribution in [0.1, 0.15) is 337 Å². The van der Waals surface area contributed by atoms with Crippen LogP contribution in [0.4, 0.5) is 0 Å². The summed E-state index contributed by atoms with van der Waals surface area (Å²) in [7, 11) is -9.90. The first-order valence-corrected chi connectivity index (χ1v) is 38.4. The van der Waals surface area contributed by atoms with Crippen LogP contribution in [0.25, 0.3) is 0 Å². The number of carbonyl (C=O) groups excluding carboxylic acids is 4. The highest BCUT2D eigenvalue weighted by Gasteiger charge is 2.30. The number of unbranched alkanes of at least 4 members (excludes halogenated alkanes) is 33. The van der Waals surface area contributed by atoms with Crippen LogP contribution >= 0.6 is 15.6 Å². The number of aliphatic hydroxyl groups excluding tert-OH is 1. The van der Waals surface area contributed by atoms with Gasteiger partial charge in [0.05, 0.1) is 26.4 Å². The van der Waals surface area contributed by atoms with Gasteiger partial charge in [0.1, 0.15) is 19.3 Å².